The molecule has 0 heterocycles. The Bertz CT molecular complexity index is 1040. The van der Waals surface area contributed by atoms with Gasteiger partial charge in [-0.1, -0.05) is 51.9 Å². The third kappa shape index (κ3) is 3.23. The van der Waals surface area contributed by atoms with Crippen molar-refractivity contribution in [1.82, 2.24) is 0 Å². The third-order valence-corrected chi connectivity index (χ3v) is 13.4. The van der Waals surface area contributed by atoms with Crippen LogP contribution in [0.4, 0.5) is 0 Å². The molecular weight excluding hydrogens is 444 g/mol. The number of fused-ring (bicyclic) bond motifs is 7. The zero-order valence-corrected chi connectivity index (χ0v) is 23.9. The maximum atomic E-state index is 11.5. The molecule has 5 aliphatic carbocycles. The number of carbonyl (C=O) groups excluding carboxylic acids is 1. The molecule has 0 aromatic rings. The summed E-state index contributed by atoms with van der Waals surface area (Å²) in [6, 6.07) is 2.90. The maximum absolute atomic E-state index is 11.5. The Morgan fingerprint density at radius 1 is 0.944 bits per heavy atom. The van der Waals surface area contributed by atoms with Gasteiger partial charge < -0.3 is 4.84 Å². The number of oxime groups is 1. The van der Waals surface area contributed by atoms with Crippen molar-refractivity contribution in [3.63, 3.8) is 0 Å². The zero-order chi connectivity index (χ0) is 26.3. The molecule has 0 aromatic carbocycles. The van der Waals surface area contributed by atoms with Gasteiger partial charge in [0.25, 0.3) is 0 Å². The molecule has 5 fully saturated rings. The minimum absolute atomic E-state index is 0.0689. The predicted molar refractivity (Wildman–Crippen MR) is 144 cm³/mol. The van der Waals surface area contributed by atoms with Gasteiger partial charge in [-0.15, -0.1) is 0 Å². The van der Waals surface area contributed by atoms with Crippen molar-refractivity contribution in [2.24, 2.45) is 61.8 Å². The maximum Gasteiger partial charge on any atom is 0.331 e. The van der Waals surface area contributed by atoms with Gasteiger partial charge in [-0.05, 0) is 117 Å². The van der Waals surface area contributed by atoms with Crippen LogP contribution in [0.25, 0.3) is 0 Å². The average Bonchev–Trinajstić information content (AvgIpc) is 3.19. The molecule has 5 rings (SSSR count). The van der Waals surface area contributed by atoms with Crippen molar-refractivity contribution >= 4 is 11.7 Å². The van der Waals surface area contributed by atoms with Crippen molar-refractivity contribution in [2.45, 2.75) is 113 Å². The van der Waals surface area contributed by atoms with Gasteiger partial charge in [-0.3, -0.25) is 0 Å². The Balaban J connectivity index is 1.51. The highest BCUT2D eigenvalue weighted by atomic mass is 16.7. The first-order valence-corrected chi connectivity index (χ1v) is 14.6. The standard InChI is InChI=1S/C32H48N2O2/c1-20(2)22-11-16-32(19-33)18-17-30(7)23(27(22)32)9-10-25-29(6)14-13-26(34-36-21(3)35)28(4,5)24(29)12-15-31(25,30)8/h22-25,27H,1,9-18H2,2-8H3/b34-26+/t22-,23?,24?,25?,27?,29-,30+,31+,32?/m0/s1. The van der Waals surface area contributed by atoms with Crippen LogP contribution < -0.4 is 0 Å². The molecule has 0 aliphatic heterocycles. The van der Waals surface area contributed by atoms with E-state index in [4.69, 9.17) is 4.84 Å². The summed E-state index contributed by atoms with van der Waals surface area (Å²) in [6.45, 7) is 20.6. The van der Waals surface area contributed by atoms with Crippen molar-refractivity contribution in [2.75, 3.05) is 0 Å². The van der Waals surface area contributed by atoms with Crippen LogP contribution >= 0.6 is 0 Å². The monoisotopic (exact) mass is 492 g/mol. The molecule has 9 atom stereocenters. The van der Waals surface area contributed by atoms with Crippen LogP contribution in [0.5, 0.6) is 0 Å². The van der Waals surface area contributed by atoms with Crippen LogP contribution in [0.15, 0.2) is 17.3 Å². The number of nitriles is 1. The molecule has 0 saturated heterocycles. The van der Waals surface area contributed by atoms with Crippen LogP contribution in [0.1, 0.15) is 113 Å². The highest BCUT2D eigenvalue weighted by Gasteiger charge is 2.70. The van der Waals surface area contributed by atoms with E-state index in [9.17, 15) is 10.1 Å². The smallest absolute Gasteiger partial charge is 0.319 e. The topological polar surface area (TPSA) is 62.4 Å². The van der Waals surface area contributed by atoms with Gasteiger partial charge >= 0.3 is 5.97 Å². The number of hydrogen-bond donors (Lipinski definition) is 0. The van der Waals surface area contributed by atoms with Crippen LogP contribution in [-0.4, -0.2) is 11.7 Å². The van der Waals surface area contributed by atoms with Crippen molar-refractivity contribution in [3.05, 3.63) is 12.2 Å². The molecule has 0 aromatic heterocycles. The van der Waals surface area contributed by atoms with E-state index in [2.05, 4.69) is 59.3 Å². The summed E-state index contributed by atoms with van der Waals surface area (Å²) in [5.41, 5.74) is 2.98. The van der Waals surface area contributed by atoms with Crippen LogP contribution in [-0.2, 0) is 9.63 Å². The van der Waals surface area contributed by atoms with Crippen molar-refractivity contribution < 1.29 is 9.63 Å². The van der Waals surface area contributed by atoms with Gasteiger partial charge in [0.05, 0.1) is 17.2 Å². The molecule has 4 nitrogen and oxygen atoms in total. The number of hydrogen-bond acceptors (Lipinski definition) is 4. The molecule has 4 heteroatoms. The van der Waals surface area contributed by atoms with Crippen molar-refractivity contribution in [1.29, 1.82) is 5.26 Å². The molecule has 36 heavy (non-hydrogen) atoms. The second-order valence-corrected chi connectivity index (χ2v) is 14.8. The van der Waals surface area contributed by atoms with E-state index in [1.54, 1.807) is 0 Å². The predicted octanol–water partition coefficient (Wildman–Crippen LogP) is 8.09. The van der Waals surface area contributed by atoms with E-state index in [1.807, 2.05) is 0 Å². The van der Waals surface area contributed by atoms with E-state index in [0.717, 1.165) is 37.8 Å². The number of allylic oxidation sites excluding steroid dienone is 1. The van der Waals surface area contributed by atoms with Gasteiger partial charge in [0.2, 0.25) is 0 Å². The normalized spacial score (nSPS) is 50.2. The fraction of sp³-hybridized carbons (Fsp3) is 0.844. The summed E-state index contributed by atoms with van der Waals surface area (Å²) in [5, 5.41) is 14.8. The lowest BCUT2D eigenvalue weighted by molar-refractivity contribution is -0.223. The van der Waals surface area contributed by atoms with E-state index < -0.39 is 0 Å². The summed E-state index contributed by atoms with van der Waals surface area (Å²) in [7, 11) is 0. The highest BCUT2D eigenvalue weighted by molar-refractivity contribution is 5.91. The van der Waals surface area contributed by atoms with Crippen molar-refractivity contribution in [3.8, 4) is 6.07 Å². The van der Waals surface area contributed by atoms with Gasteiger partial charge in [-0.2, -0.15) is 5.26 Å². The summed E-state index contributed by atoms with van der Waals surface area (Å²) >= 11 is 0. The van der Waals surface area contributed by atoms with Gasteiger partial charge in [0.1, 0.15) is 0 Å². The molecule has 0 radical (unpaired) electrons. The van der Waals surface area contributed by atoms with E-state index in [0.29, 0.717) is 29.6 Å². The Morgan fingerprint density at radius 3 is 2.31 bits per heavy atom. The van der Waals surface area contributed by atoms with Gasteiger partial charge in [-0.25, -0.2) is 4.79 Å². The molecular formula is C32H48N2O2. The molecule has 5 saturated carbocycles. The lowest BCUT2D eigenvalue weighted by Crippen LogP contribution is -2.66. The third-order valence-electron chi connectivity index (χ3n) is 13.4. The molecule has 0 spiro atoms. The molecule has 198 valence electrons. The first kappa shape index (κ1) is 26.0. The fourth-order valence-electron chi connectivity index (χ4n) is 11.4. The van der Waals surface area contributed by atoms with Crippen LogP contribution in [0, 0.1) is 68.0 Å². The van der Waals surface area contributed by atoms with Gasteiger partial charge in [0, 0.05) is 12.3 Å². The number of carbonyl (C=O) groups is 1. The summed E-state index contributed by atoms with van der Waals surface area (Å²) in [5.74, 6) is 2.50. The van der Waals surface area contributed by atoms with E-state index in [-0.39, 0.29) is 33.0 Å². The first-order chi connectivity index (χ1) is 16.8. The Hall–Kier alpha value is -1.63. The average molecular weight is 493 g/mol. The first-order valence-electron chi connectivity index (χ1n) is 14.6. The quantitative estimate of drug-likeness (QED) is 0.222. The second-order valence-electron chi connectivity index (χ2n) is 14.8. The fourth-order valence-corrected chi connectivity index (χ4v) is 11.4. The van der Waals surface area contributed by atoms with E-state index >= 15 is 0 Å². The van der Waals surface area contributed by atoms with Crippen LogP contribution in [0.3, 0.4) is 0 Å². The number of nitrogens with zero attached hydrogens (tertiary/aromatic N) is 2. The second kappa shape index (κ2) is 8.18. The lowest BCUT2D eigenvalue weighted by atomic mass is 9.32. The minimum Gasteiger partial charge on any atom is -0.319 e. The minimum atomic E-state index is -0.333. The lowest BCUT2D eigenvalue weighted by Gasteiger charge is -2.72. The largest absolute Gasteiger partial charge is 0.331 e. The highest BCUT2D eigenvalue weighted by Crippen LogP contribution is 2.77. The summed E-state index contributed by atoms with van der Waals surface area (Å²) in [6.07, 6.45) is 11.5. The van der Waals surface area contributed by atoms with E-state index in [1.165, 1.54) is 44.6 Å². The SMILES string of the molecule is C=C(C)[C@@H]1CCC2(C#N)CC[C@]3(C)C(CCC4[C@@]5(C)CC/C(=N\OC(C)=O)C(C)(C)C5CC[C@]43C)C12. The van der Waals surface area contributed by atoms with Crippen LogP contribution in [0.2, 0.25) is 0 Å². The molecule has 5 unspecified atom stereocenters. The molecule has 5 aliphatic rings. The van der Waals surface area contributed by atoms with Gasteiger partial charge in [0.15, 0.2) is 0 Å². The Labute approximate surface area is 219 Å². The Kier molecular flexibility index (Phi) is 5.91. The molecule has 0 amide bonds. The summed E-state index contributed by atoms with van der Waals surface area (Å²) in [4.78, 5) is 16.6. The molecule has 0 N–H and O–H groups in total. The summed E-state index contributed by atoms with van der Waals surface area (Å²) < 4.78 is 0. The number of rotatable bonds is 2. The zero-order valence-electron chi connectivity index (χ0n) is 23.9. The Morgan fingerprint density at radius 2 is 1.67 bits per heavy atom. The molecule has 0 bridgehead atoms.